The molecule has 0 amide bonds. The molecule has 0 bridgehead atoms. The number of halogens is 2. The molecule has 2 aromatic rings. The van der Waals surface area contributed by atoms with Gasteiger partial charge in [0.25, 0.3) is 0 Å². The van der Waals surface area contributed by atoms with Gasteiger partial charge in [0, 0.05) is 23.4 Å². The minimum absolute atomic E-state index is 0. The number of nitrogens with two attached hydrogens (primary N) is 2. The zero-order valence-corrected chi connectivity index (χ0v) is 15.2. The second-order valence-corrected chi connectivity index (χ2v) is 6.25. The summed E-state index contributed by atoms with van der Waals surface area (Å²) in [4.78, 5) is 0. The number of aromatic nitrogens is 1. The predicted molar refractivity (Wildman–Crippen MR) is 102 cm³/mol. The predicted octanol–water partition coefficient (Wildman–Crippen LogP) is 2.41. The summed E-state index contributed by atoms with van der Waals surface area (Å²) >= 11 is 6.34. The molecule has 0 radical (unpaired) electrons. The fourth-order valence-electron chi connectivity index (χ4n) is 3.15. The van der Waals surface area contributed by atoms with Crippen LogP contribution in [0.3, 0.4) is 0 Å². The van der Waals surface area contributed by atoms with Gasteiger partial charge in [-0.05, 0) is 30.5 Å². The third-order valence-corrected chi connectivity index (χ3v) is 4.55. The molecule has 1 aliphatic carbocycles. The SMILES string of the molecule is Cc1cc[n+]([O-])c2c1C(=NN=C(N)N)CC(c1ccccc1Cl)C2.Cl. The highest BCUT2D eigenvalue weighted by atomic mass is 35.5. The fourth-order valence-corrected chi connectivity index (χ4v) is 3.44. The minimum atomic E-state index is -0.118. The van der Waals surface area contributed by atoms with Crippen molar-refractivity contribution in [3.8, 4) is 0 Å². The van der Waals surface area contributed by atoms with Crippen LogP contribution in [-0.2, 0) is 6.42 Å². The molecule has 4 N–H and O–H groups in total. The largest absolute Gasteiger partial charge is 0.618 e. The van der Waals surface area contributed by atoms with Crippen molar-refractivity contribution in [3.63, 3.8) is 0 Å². The van der Waals surface area contributed by atoms with E-state index >= 15 is 0 Å². The van der Waals surface area contributed by atoms with E-state index in [1.54, 1.807) is 6.07 Å². The van der Waals surface area contributed by atoms with Crippen molar-refractivity contribution < 1.29 is 4.73 Å². The second-order valence-electron chi connectivity index (χ2n) is 5.84. The number of pyridine rings is 1. The van der Waals surface area contributed by atoms with Gasteiger partial charge < -0.3 is 16.7 Å². The summed E-state index contributed by atoms with van der Waals surface area (Å²) in [5.41, 5.74) is 14.9. The lowest BCUT2D eigenvalue weighted by molar-refractivity contribution is -0.614. The molecule has 1 atom stereocenters. The van der Waals surface area contributed by atoms with Crippen LogP contribution in [0.2, 0.25) is 5.02 Å². The number of fused-ring (bicyclic) bond motifs is 1. The number of rotatable bonds is 2. The molecule has 0 aliphatic heterocycles. The number of benzene rings is 1. The average molecular weight is 380 g/mol. The molecule has 1 unspecified atom stereocenters. The highest BCUT2D eigenvalue weighted by Crippen LogP contribution is 2.36. The smallest absolute Gasteiger partial charge is 0.211 e. The molecule has 8 heteroatoms. The number of hydrogen-bond donors (Lipinski definition) is 2. The normalized spacial score (nSPS) is 17.5. The van der Waals surface area contributed by atoms with E-state index in [2.05, 4.69) is 10.2 Å². The third kappa shape index (κ3) is 3.86. The summed E-state index contributed by atoms with van der Waals surface area (Å²) in [5.74, 6) is -0.0753. The first kappa shape index (κ1) is 19.0. The van der Waals surface area contributed by atoms with Gasteiger partial charge in [-0.1, -0.05) is 29.8 Å². The molecule has 0 saturated carbocycles. The lowest BCUT2D eigenvalue weighted by atomic mass is 9.80. The number of aryl methyl sites for hydroxylation is 1. The first-order valence-electron chi connectivity index (χ1n) is 7.59. The maximum Gasteiger partial charge on any atom is 0.211 e. The van der Waals surface area contributed by atoms with Crippen molar-refractivity contribution in [1.82, 2.24) is 0 Å². The van der Waals surface area contributed by atoms with E-state index in [1.807, 2.05) is 31.2 Å². The van der Waals surface area contributed by atoms with Crippen molar-refractivity contribution in [2.45, 2.75) is 25.7 Å². The second kappa shape index (κ2) is 7.72. The molecule has 0 spiro atoms. The van der Waals surface area contributed by atoms with Gasteiger partial charge in [-0.15, -0.1) is 17.5 Å². The maximum atomic E-state index is 12.3. The number of hydrogen-bond acceptors (Lipinski definition) is 3. The molecular weight excluding hydrogens is 361 g/mol. The van der Waals surface area contributed by atoms with E-state index in [4.69, 9.17) is 23.1 Å². The van der Waals surface area contributed by atoms with Gasteiger partial charge in [-0.25, -0.2) is 0 Å². The Balaban J connectivity index is 0.00000225. The van der Waals surface area contributed by atoms with Crippen LogP contribution in [0.1, 0.15) is 34.7 Å². The van der Waals surface area contributed by atoms with E-state index in [0.29, 0.717) is 29.3 Å². The van der Waals surface area contributed by atoms with Crippen LogP contribution in [0.4, 0.5) is 0 Å². The quantitative estimate of drug-likeness (QED) is 0.275. The van der Waals surface area contributed by atoms with Crippen LogP contribution in [0.15, 0.2) is 46.7 Å². The van der Waals surface area contributed by atoms with Crippen LogP contribution in [0.5, 0.6) is 0 Å². The van der Waals surface area contributed by atoms with Gasteiger partial charge in [0.2, 0.25) is 11.7 Å². The van der Waals surface area contributed by atoms with Crippen LogP contribution in [0.25, 0.3) is 0 Å². The minimum Gasteiger partial charge on any atom is -0.618 e. The van der Waals surface area contributed by atoms with Gasteiger partial charge in [0.1, 0.15) is 0 Å². The Kier molecular flexibility index (Phi) is 5.87. The zero-order valence-electron chi connectivity index (χ0n) is 13.6. The van der Waals surface area contributed by atoms with Gasteiger partial charge in [-0.2, -0.15) is 9.83 Å². The van der Waals surface area contributed by atoms with Gasteiger partial charge in [0.05, 0.1) is 11.3 Å². The van der Waals surface area contributed by atoms with E-state index < -0.39 is 0 Å². The van der Waals surface area contributed by atoms with Gasteiger partial charge in [-0.3, -0.25) is 0 Å². The topological polar surface area (TPSA) is 104 Å². The first-order valence-corrected chi connectivity index (χ1v) is 7.97. The molecule has 1 heterocycles. The van der Waals surface area contributed by atoms with Crippen LogP contribution in [-0.4, -0.2) is 11.7 Å². The maximum absolute atomic E-state index is 12.3. The molecule has 25 heavy (non-hydrogen) atoms. The molecule has 1 aromatic carbocycles. The van der Waals surface area contributed by atoms with Crippen LogP contribution >= 0.6 is 24.0 Å². The monoisotopic (exact) mass is 379 g/mol. The summed E-state index contributed by atoms with van der Waals surface area (Å²) in [6, 6.07) is 9.41. The average Bonchev–Trinajstić information content (AvgIpc) is 2.56. The molecular formula is C17H19Cl2N5O. The van der Waals surface area contributed by atoms with E-state index in [9.17, 15) is 5.21 Å². The fraction of sp³-hybridized carbons (Fsp3) is 0.235. The Bertz CT molecular complexity index is 847. The highest BCUT2D eigenvalue weighted by molar-refractivity contribution is 6.31. The van der Waals surface area contributed by atoms with Crippen molar-refractivity contribution >= 4 is 35.7 Å². The van der Waals surface area contributed by atoms with Gasteiger partial charge in [0.15, 0.2) is 6.20 Å². The molecule has 3 rings (SSSR count). The van der Waals surface area contributed by atoms with Crippen molar-refractivity contribution in [1.29, 1.82) is 0 Å². The molecule has 0 fully saturated rings. The molecule has 1 aromatic heterocycles. The summed E-state index contributed by atoms with van der Waals surface area (Å²) < 4.78 is 0.885. The number of guanidine groups is 1. The Morgan fingerprint density at radius 1 is 1.24 bits per heavy atom. The Morgan fingerprint density at radius 2 is 1.96 bits per heavy atom. The molecule has 6 nitrogen and oxygen atoms in total. The lowest BCUT2D eigenvalue weighted by Crippen LogP contribution is -2.38. The van der Waals surface area contributed by atoms with Crippen LogP contribution in [0, 0.1) is 12.1 Å². The lowest BCUT2D eigenvalue weighted by Gasteiger charge is -2.26. The molecule has 1 aliphatic rings. The van der Waals surface area contributed by atoms with Gasteiger partial charge >= 0.3 is 0 Å². The van der Waals surface area contributed by atoms with Crippen LogP contribution < -0.4 is 16.2 Å². The third-order valence-electron chi connectivity index (χ3n) is 4.21. The van der Waals surface area contributed by atoms with Crippen molar-refractivity contribution in [2.75, 3.05) is 0 Å². The highest BCUT2D eigenvalue weighted by Gasteiger charge is 2.32. The number of nitrogens with zero attached hydrogens (tertiary/aromatic N) is 3. The molecule has 132 valence electrons. The summed E-state index contributed by atoms with van der Waals surface area (Å²) in [5, 5.41) is 21.0. The zero-order chi connectivity index (χ0) is 17.3. The Labute approximate surface area is 157 Å². The van der Waals surface area contributed by atoms with Crippen molar-refractivity contribution in [2.24, 2.45) is 21.7 Å². The first-order chi connectivity index (χ1) is 11.5. The van der Waals surface area contributed by atoms with E-state index in [-0.39, 0.29) is 24.3 Å². The summed E-state index contributed by atoms with van der Waals surface area (Å²) in [7, 11) is 0. The standard InChI is InChI=1S/C17H18ClN5O.ClH/c1-10-6-7-23(24)15-9-11(12-4-2-3-5-13(12)18)8-14(16(10)15)21-22-17(19)20;/h2-7,11H,8-9H2,1H3,(H4,19,20,22);1H. The summed E-state index contributed by atoms with van der Waals surface area (Å²) in [6.07, 6.45) is 2.71. The van der Waals surface area contributed by atoms with Crippen molar-refractivity contribution in [3.05, 3.63) is 69.1 Å². The molecule has 0 saturated heterocycles. The summed E-state index contributed by atoms with van der Waals surface area (Å²) in [6.45, 7) is 1.94. The Hall–Kier alpha value is -2.31. The van der Waals surface area contributed by atoms with E-state index in [1.165, 1.54) is 6.20 Å². The van der Waals surface area contributed by atoms with E-state index in [0.717, 1.165) is 21.4 Å². The Morgan fingerprint density at radius 3 is 2.64 bits per heavy atom.